The zero-order chi connectivity index (χ0) is 14.0. The molecule has 1 aliphatic rings. The smallest absolute Gasteiger partial charge is 0.381 e. The summed E-state index contributed by atoms with van der Waals surface area (Å²) in [7, 11) is 0. The molecule has 19 heavy (non-hydrogen) atoms. The topological polar surface area (TPSA) is 12.0 Å². The molecule has 1 fully saturated rings. The van der Waals surface area contributed by atoms with E-state index in [1.165, 1.54) is 0 Å². The minimum Gasteiger partial charge on any atom is -0.381 e. The molecule has 0 heterocycles. The number of nitrogens with one attached hydrogen (secondary N) is 1. The van der Waals surface area contributed by atoms with Crippen molar-refractivity contribution in [2.24, 2.45) is 5.92 Å². The number of rotatable bonds is 2. The standard InChI is InChI=1S/C13H14BrClF3N/c14-9-3-6-12(11(15)7-9)19-10-4-1-8(2-5-10)13(16,17)18/h3,6-8,10,19H,1-2,4-5H2. The van der Waals surface area contributed by atoms with Crippen LogP contribution in [0.4, 0.5) is 18.9 Å². The molecule has 1 aromatic carbocycles. The summed E-state index contributed by atoms with van der Waals surface area (Å²) in [5, 5.41) is 3.80. The predicted molar refractivity (Wildman–Crippen MR) is 74.6 cm³/mol. The third-order valence-corrected chi connectivity index (χ3v) is 4.29. The minimum atomic E-state index is -4.06. The lowest BCUT2D eigenvalue weighted by Gasteiger charge is -2.31. The van der Waals surface area contributed by atoms with E-state index in [1.807, 2.05) is 12.1 Å². The third kappa shape index (κ3) is 4.02. The van der Waals surface area contributed by atoms with Gasteiger partial charge in [-0.2, -0.15) is 13.2 Å². The number of hydrogen-bond donors (Lipinski definition) is 1. The first-order valence-electron chi connectivity index (χ1n) is 6.14. The van der Waals surface area contributed by atoms with Gasteiger partial charge in [-0.1, -0.05) is 27.5 Å². The van der Waals surface area contributed by atoms with Crippen LogP contribution in [-0.4, -0.2) is 12.2 Å². The van der Waals surface area contributed by atoms with Gasteiger partial charge in [0.15, 0.2) is 0 Å². The van der Waals surface area contributed by atoms with E-state index in [0.29, 0.717) is 17.9 Å². The van der Waals surface area contributed by atoms with Gasteiger partial charge in [0.2, 0.25) is 0 Å². The van der Waals surface area contributed by atoms with Crippen molar-refractivity contribution in [1.29, 1.82) is 0 Å². The van der Waals surface area contributed by atoms with Crippen molar-refractivity contribution in [3.8, 4) is 0 Å². The number of halogens is 5. The average molecular weight is 357 g/mol. The van der Waals surface area contributed by atoms with Gasteiger partial charge in [-0.05, 0) is 43.9 Å². The summed E-state index contributed by atoms with van der Waals surface area (Å²) < 4.78 is 38.5. The Hall–Kier alpha value is -0.420. The van der Waals surface area contributed by atoms with E-state index in [0.717, 1.165) is 10.2 Å². The van der Waals surface area contributed by atoms with Crippen LogP contribution in [0.25, 0.3) is 0 Å². The van der Waals surface area contributed by atoms with Crippen molar-refractivity contribution >= 4 is 33.2 Å². The molecule has 0 bridgehead atoms. The molecule has 1 aliphatic carbocycles. The van der Waals surface area contributed by atoms with E-state index in [-0.39, 0.29) is 18.9 Å². The van der Waals surface area contributed by atoms with Gasteiger partial charge in [0.1, 0.15) is 0 Å². The molecular formula is C13H14BrClF3N. The molecule has 0 amide bonds. The van der Waals surface area contributed by atoms with Gasteiger partial charge in [-0.25, -0.2) is 0 Å². The highest BCUT2D eigenvalue weighted by atomic mass is 79.9. The molecule has 1 saturated carbocycles. The number of alkyl halides is 3. The summed E-state index contributed by atoms with van der Waals surface area (Å²) >= 11 is 9.39. The normalized spacial score (nSPS) is 24.3. The molecule has 0 aromatic heterocycles. The fourth-order valence-corrected chi connectivity index (χ4v) is 3.12. The van der Waals surface area contributed by atoms with Crippen LogP contribution >= 0.6 is 27.5 Å². The Morgan fingerprint density at radius 3 is 2.32 bits per heavy atom. The largest absolute Gasteiger partial charge is 0.391 e. The molecule has 106 valence electrons. The molecule has 1 N–H and O–H groups in total. The maximum atomic E-state index is 12.6. The second-order valence-electron chi connectivity index (χ2n) is 4.86. The van der Waals surface area contributed by atoms with Crippen LogP contribution < -0.4 is 5.32 Å². The molecule has 1 nitrogen and oxygen atoms in total. The van der Waals surface area contributed by atoms with Crippen LogP contribution in [0.15, 0.2) is 22.7 Å². The summed E-state index contributed by atoms with van der Waals surface area (Å²) in [4.78, 5) is 0. The highest BCUT2D eigenvalue weighted by molar-refractivity contribution is 9.10. The van der Waals surface area contributed by atoms with E-state index in [2.05, 4.69) is 21.2 Å². The first-order chi connectivity index (χ1) is 8.86. The first kappa shape index (κ1) is 15.0. The Labute approximate surface area is 123 Å². The maximum Gasteiger partial charge on any atom is 0.391 e. The molecule has 0 saturated heterocycles. The van der Waals surface area contributed by atoms with Gasteiger partial charge in [0.25, 0.3) is 0 Å². The van der Waals surface area contributed by atoms with Gasteiger partial charge in [-0.3, -0.25) is 0 Å². The highest BCUT2D eigenvalue weighted by Gasteiger charge is 2.41. The lowest BCUT2D eigenvalue weighted by atomic mass is 9.85. The Bertz CT molecular complexity index is 442. The molecule has 6 heteroatoms. The number of benzene rings is 1. The molecule has 0 radical (unpaired) electrons. The van der Waals surface area contributed by atoms with Crippen molar-refractivity contribution in [2.75, 3.05) is 5.32 Å². The van der Waals surface area contributed by atoms with Crippen LogP contribution in [0.3, 0.4) is 0 Å². The van der Waals surface area contributed by atoms with E-state index in [9.17, 15) is 13.2 Å². The van der Waals surface area contributed by atoms with Crippen LogP contribution in [0, 0.1) is 5.92 Å². The molecule has 0 atom stereocenters. The van der Waals surface area contributed by atoms with E-state index >= 15 is 0 Å². The summed E-state index contributed by atoms with van der Waals surface area (Å²) in [5.41, 5.74) is 0.778. The van der Waals surface area contributed by atoms with Crippen LogP contribution in [0.1, 0.15) is 25.7 Å². The van der Waals surface area contributed by atoms with Gasteiger partial charge in [-0.15, -0.1) is 0 Å². The summed E-state index contributed by atoms with van der Waals surface area (Å²) in [6, 6.07) is 5.53. The first-order valence-corrected chi connectivity index (χ1v) is 7.31. The van der Waals surface area contributed by atoms with Gasteiger partial charge >= 0.3 is 6.18 Å². The van der Waals surface area contributed by atoms with Crippen LogP contribution in [0.5, 0.6) is 0 Å². The van der Waals surface area contributed by atoms with Crippen LogP contribution in [-0.2, 0) is 0 Å². The number of hydrogen-bond acceptors (Lipinski definition) is 1. The quantitative estimate of drug-likeness (QED) is 0.723. The van der Waals surface area contributed by atoms with Gasteiger partial charge < -0.3 is 5.32 Å². The lowest BCUT2D eigenvalue weighted by Crippen LogP contribution is -2.32. The maximum absolute atomic E-state index is 12.6. The van der Waals surface area contributed by atoms with Crippen molar-refractivity contribution in [3.05, 3.63) is 27.7 Å². The van der Waals surface area contributed by atoms with E-state index < -0.39 is 12.1 Å². The van der Waals surface area contributed by atoms with E-state index in [1.54, 1.807) is 6.07 Å². The second-order valence-corrected chi connectivity index (χ2v) is 6.18. The molecule has 1 aromatic rings. The second kappa shape index (κ2) is 5.92. The molecule has 0 unspecified atom stereocenters. The van der Waals surface area contributed by atoms with Crippen molar-refractivity contribution in [3.63, 3.8) is 0 Å². The Kier molecular flexibility index (Phi) is 4.66. The van der Waals surface area contributed by atoms with Gasteiger partial charge in [0.05, 0.1) is 16.6 Å². The summed E-state index contributed by atoms with van der Waals surface area (Å²) in [5.74, 6) is -1.15. The van der Waals surface area contributed by atoms with Gasteiger partial charge in [0, 0.05) is 10.5 Å². The Morgan fingerprint density at radius 1 is 1.16 bits per heavy atom. The van der Waals surface area contributed by atoms with Crippen molar-refractivity contribution < 1.29 is 13.2 Å². The molecule has 2 rings (SSSR count). The lowest BCUT2D eigenvalue weighted by molar-refractivity contribution is -0.182. The average Bonchev–Trinajstić information content (AvgIpc) is 2.32. The monoisotopic (exact) mass is 355 g/mol. The molecular weight excluding hydrogens is 343 g/mol. The third-order valence-electron chi connectivity index (χ3n) is 3.48. The zero-order valence-electron chi connectivity index (χ0n) is 10.1. The SMILES string of the molecule is FC(F)(F)C1CCC(Nc2ccc(Br)cc2Cl)CC1. The van der Waals surface area contributed by atoms with Crippen molar-refractivity contribution in [2.45, 2.75) is 37.9 Å². The fourth-order valence-electron chi connectivity index (χ4n) is 2.39. The highest BCUT2D eigenvalue weighted by Crippen LogP contribution is 2.38. The predicted octanol–water partition coefficient (Wildman–Crippen LogP) is 5.64. The minimum absolute atomic E-state index is 0.0669. The Balaban J connectivity index is 1.92. The van der Waals surface area contributed by atoms with Crippen LogP contribution in [0.2, 0.25) is 5.02 Å². The Morgan fingerprint density at radius 2 is 1.79 bits per heavy atom. The molecule has 0 aliphatic heterocycles. The summed E-state index contributed by atoms with van der Waals surface area (Å²) in [6.45, 7) is 0. The fraction of sp³-hybridized carbons (Fsp3) is 0.538. The molecule has 0 spiro atoms. The summed E-state index contributed by atoms with van der Waals surface area (Å²) in [6.07, 6.45) is -2.63. The number of anilines is 1. The zero-order valence-corrected chi connectivity index (χ0v) is 12.4. The van der Waals surface area contributed by atoms with E-state index in [4.69, 9.17) is 11.6 Å². The van der Waals surface area contributed by atoms with Crippen molar-refractivity contribution in [1.82, 2.24) is 0 Å².